The molecule has 0 aliphatic rings. The van der Waals surface area contributed by atoms with Crippen molar-refractivity contribution in [3.8, 4) is 69.0 Å². The topological polar surface area (TPSA) is 124 Å². The van der Waals surface area contributed by atoms with Gasteiger partial charge in [0.2, 0.25) is 69.0 Å². The van der Waals surface area contributed by atoms with Crippen LogP contribution < -0.4 is 42.6 Å². The largest absolute Gasteiger partial charge is 0.501 e. The average Bonchev–Trinajstić information content (AvgIpc) is 3.18. The Kier molecular flexibility index (Phi) is 24.7. The molecule has 316 valence electrons. The lowest BCUT2D eigenvalue weighted by molar-refractivity contribution is 0.201. The van der Waals surface area contributed by atoms with E-state index in [2.05, 4.69) is 55.4 Å². The van der Waals surface area contributed by atoms with Crippen molar-refractivity contribution in [2.75, 3.05) is 52.9 Å². The Balaban J connectivity index is 3.19. The van der Waals surface area contributed by atoms with Crippen LogP contribution in [0.2, 0.25) is 0 Å². The van der Waals surface area contributed by atoms with Crippen LogP contribution in [0.5, 0.6) is 69.0 Å². The summed E-state index contributed by atoms with van der Waals surface area (Å²) in [5.74, 6) is 0.945. The molecular formula is C44H74O11. The minimum atomic E-state index is -0.214. The van der Waals surface area contributed by atoms with Gasteiger partial charge in [-0.1, -0.05) is 107 Å². The molecule has 55 heavy (non-hydrogen) atoms. The molecule has 0 bridgehead atoms. The fraction of sp³-hybridized carbons (Fsp3) is 0.727. The third kappa shape index (κ3) is 15.0. The van der Waals surface area contributed by atoms with Gasteiger partial charge in [0.1, 0.15) is 0 Å². The van der Waals surface area contributed by atoms with E-state index in [1.807, 2.05) is 0 Å². The summed E-state index contributed by atoms with van der Waals surface area (Å²) >= 11 is 0. The van der Waals surface area contributed by atoms with Gasteiger partial charge in [0.05, 0.1) is 52.9 Å². The van der Waals surface area contributed by atoms with E-state index in [1.54, 1.807) is 0 Å². The molecule has 0 saturated heterocycles. The summed E-state index contributed by atoms with van der Waals surface area (Å²) in [7, 11) is 0. The summed E-state index contributed by atoms with van der Waals surface area (Å²) in [6, 6.07) is 0. The fourth-order valence-electron chi connectivity index (χ4n) is 5.15. The van der Waals surface area contributed by atoms with Crippen LogP contribution in [-0.2, 0) is 0 Å². The monoisotopic (exact) mass is 779 g/mol. The van der Waals surface area contributed by atoms with E-state index in [0.717, 1.165) is 103 Å². The lowest BCUT2D eigenvalue weighted by Crippen LogP contribution is -2.11. The predicted octanol–water partition coefficient (Wildman–Crippen LogP) is 12.3. The van der Waals surface area contributed by atoms with Crippen molar-refractivity contribution in [1.82, 2.24) is 0 Å². The molecule has 2 aromatic rings. The second kappa shape index (κ2) is 28.6. The van der Waals surface area contributed by atoms with Crippen LogP contribution in [0.25, 0.3) is 0 Å². The van der Waals surface area contributed by atoms with Crippen molar-refractivity contribution >= 4 is 0 Å². The van der Waals surface area contributed by atoms with E-state index in [0.29, 0.717) is 52.9 Å². The first-order chi connectivity index (χ1) is 26.9. The van der Waals surface area contributed by atoms with Crippen LogP contribution in [0.4, 0.5) is 0 Å². The molecule has 0 fully saturated rings. The highest BCUT2D eigenvalue weighted by Crippen LogP contribution is 2.63. The molecule has 2 rings (SSSR count). The molecule has 0 unspecified atom stereocenters. The van der Waals surface area contributed by atoms with Crippen LogP contribution in [-0.4, -0.2) is 63.1 Å². The number of benzene rings is 2. The summed E-state index contributed by atoms with van der Waals surface area (Å²) < 4.78 is 58.4. The third-order valence-electron chi connectivity index (χ3n) is 8.67. The Morgan fingerprint density at radius 2 is 0.418 bits per heavy atom. The van der Waals surface area contributed by atoms with Gasteiger partial charge in [-0.05, 0) is 51.4 Å². The predicted molar refractivity (Wildman–Crippen MR) is 220 cm³/mol. The third-order valence-corrected chi connectivity index (χ3v) is 8.67. The summed E-state index contributed by atoms with van der Waals surface area (Å²) in [6.07, 6.45) is 13.1. The van der Waals surface area contributed by atoms with Gasteiger partial charge in [-0.3, -0.25) is 0 Å². The van der Waals surface area contributed by atoms with E-state index >= 15 is 0 Å². The Bertz CT molecular complexity index is 1140. The number of hydrogen-bond donors (Lipinski definition) is 2. The van der Waals surface area contributed by atoms with Gasteiger partial charge in [-0.2, -0.15) is 0 Å². The number of hydrogen-bond acceptors (Lipinski definition) is 11. The Hall–Kier alpha value is -3.76. The SMILES string of the molecule is CCCCOc1c(O)c(OCCCC)c(OCCCC)c(Oc2c(OCCCC)c(OCCCC)c(O)c(OCCCC)c2OCCCC)c1OCCCC. The maximum Gasteiger partial charge on any atom is 0.219 e. The van der Waals surface area contributed by atoms with Crippen LogP contribution in [0.1, 0.15) is 158 Å². The summed E-state index contributed by atoms with van der Waals surface area (Å²) in [6.45, 7) is 19.3. The van der Waals surface area contributed by atoms with E-state index in [1.165, 1.54) is 0 Å². The normalized spacial score (nSPS) is 11.0. The van der Waals surface area contributed by atoms with Crippen LogP contribution in [0, 0.1) is 0 Å². The zero-order valence-electron chi connectivity index (χ0n) is 35.5. The maximum atomic E-state index is 11.9. The minimum Gasteiger partial charge on any atom is -0.501 e. The van der Waals surface area contributed by atoms with Gasteiger partial charge in [-0.25, -0.2) is 0 Å². The molecule has 0 saturated carbocycles. The zero-order chi connectivity index (χ0) is 40.3. The van der Waals surface area contributed by atoms with Crippen molar-refractivity contribution in [3.05, 3.63) is 0 Å². The number of phenols is 2. The van der Waals surface area contributed by atoms with Crippen LogP contribution in [0.15, 0.2) is 0 Å². The molecule has 0 radical (unpaired) electrons. The van der Waals surface area contributed by atoms with Gasteiger partial charge >= 0.3 is 0 Å². The van der Waals surface area contributed by atoms with Gasteiger partial charge in [-0.15, -0.1) is 0 Å². The average molecular weight is 779 g/mol. The Morgan fingerprint density at radius 1 is 0.255 bits per heavy atom. The first-order valence-electron chi connectivity index (χ1n) is 21.5. The van der Waals surface area contributed by atoms with Gasteiger partial charge in [0.25, 0.3) is 0 Å². The van der Waals surface area contributed by atoms with Crippen LogP contribution in [0.3, 0.4) is 0 Å². The molecule has 2 N–H and O–H groups in total. The van der Waals surface area contributed by atoms with E-state index < -0.39 is 0 Å². The quantitative estimate of drug-likeness (QED) is 0.0660. The van der Waals surface area contributed by atoms with E-state index in [-0.39, 0.29) is 69.0 Å². The van der Waals surface area contributed by atoms with Crippen molar-refractivity contribution in [3.63, 3.8) is 0 Å². The summed E-state index contributed by atoms with van der Waals surface area (Å²) in [5.41, 5.74) is 0. The molecule has 0 aliphatic carbocycles. The van der Waals surface area contributed by atoms with Crippen molar-refractivity contribution in [2.45, 2.75) is 158 Å². The smallest absolute Gasteiger partial charge is 0.219 e. The van der Waals surface area contributed by atoms with E-state index in [9.17, 15) is 10.2 Å². The molecule has 0 spiro atoms. The Labute approximate surface area is 332 Å². The summed E-state index contributed by atoms with van der Waals surface area (Å²) in [5, 5.41) is 23.9. The van der Waals surface area contributed by atoms with Crippen molar-refractivity contribution in [1.29, 1.82) is 0 Å². The maximum absolute atomic E-state index is 11.9. The van der Waals surface area contributed by atoms with E-state index in [4.69, 9.17) is 42.6 Å². The number of aromatic hydroxyl groups is 2. The van der Waals surface area contributed by atoms with Gasteiger partial charge < -0.3 is 52.8 Å². The first-order valence-corrected chi connectivity index (χ1v) is 21.5. The van der Waals surface area contributed by atoms with Gasteiger partial charge in [0.15, 0.2) is 0 Å². The lowest BCUT2D eigenvalue weighted by atomic mass is 10.2. The highest BCUT2D eigenvalue weighted by atomic mass is 16.6. The molecular weight excluding hydrogens is 704 g/mol. The molecule has 11 nitrogen and oxygen atoms in total. The molecule has 0 aromatic heterocycles. The molecule has 2 aromatic carbocycles. The minimum absolute atomic E-state index is 0.105. The number of rotatable bonds is 34. The second-order valence-electron chi connectivity index (χ2n) is 13.7. The number of unbranched alkanes of at least 4 members (excludes halogenated alkanes) is 8. The van der Waals surface area contributed by atoms with Crippen LogP contribution >= 0.6 is 0 Å². The number of phenolic OH excluding ortho intramolecular Hbond substituents is 2. The lowest BCUT2D eigenvalue weighted by Gasteiger charge is -2.27. The highest BCUT2D eigenvalue weighted by molar-refractivity contribution is 5.77. The molecule has 11 heteroatoms. The van der Waals surface area contributed by atoms with Gasteiger partial charge in [0, 0.05) is 0 Å². The first kappa shape index (κ1) is 47.4. The second-order valence-corrected chi connectivity index (χ2v) is 13.7. The fourth-order valence-corrected chi connectivity index (χ4v) is 5.15. The molecule has 0 aliphatic heterocycles. The molecule has 0 amide bonds. The zero-order valence-corrected chi connectivity index (χ0v) is 35.5. The molecule has 0 heterocycles. The number of ether oxygens (including phenoxy) is 9. The Morgan fingerprint density at radius 3 is 0.582 bits per heavy atom. The van der Waals surface area contributed by atoms with Crippen molar-refractivity contribution < 1.29 is 52.8 Å². The summed E-state index contributed by atoms with van der Waals surface area (Å²) in [4.78, 5) is 0. The molecule has 0 atom stereocenters. The van der Waals surface area contributed by atoms with Crippen molar-refractivity contribution in [2.24, 2.45) is 0 Å². The highest BCUT2D eigenvalue weighted by Gasteiger charge is 2.36. The standard InChI is InChI=1S/C44H74O11/c1-9-17-25-47-35-33(45)36(48-26-18-10-2)40(52-30-22-14-6)43(39(35)51-29-21-13-5)55-44-41(53-31-23-15-7)37(49-27-19-11-3)34(46)38(50-28-20-12-4)42(44)54-32-24-16-8/h45-46H,9-32H2,1-8H3.